The summed E-state index contributed by atoms with van der Waals surface area (Å²) in [5.41, 5.74) is 6.91. The first-order valence-corrected chi connectivity index (χ1v) is 6.45. The first kappa shape index (κ1) is 13.1. The van der Waals surface area contributed by atoms with Crippen LogP contribution < -0.4 is 5.73 Å². The Bertz CT molecular complexity index is 381. The van der Waals surface area contributed by atoms with E-state index in [2.05, 4.69) is 4.90 Å². The van der Waals surface area contributed by atoms with Gasteiger partial charge in [0.05, 0.1) is 13.2 Å². The Morgan fingerprint density at radius 1 is 1.29 bits per heavy atom. The van der Waals surface area contributed by atoms with E-state index in [1.54, 1.807) is 6.07 Å². The smallest absolute Gasteiger partial charge is 0.0594 e. The molecule has 1 saturated heterocycles. The van der Waals surface area contributed by atoms with E-state index in [9.17, 15) is 0 Å². The molecule has 1 aliphatic heterocycles. The van der Waals surface area contributed by atoms with E-state index in [0.29, 0.717) is 16.6 Å². The van der Waals surface area contributed by atoms with Gasteiger partial charge in [-0.15, -0.1) is 0 Å². The number of morpholine rings is 1. The Morgan fingerprint density at radius 3 is 2.59 bits per heavy atom. The van der Waals surface area contributed by atoms with Crippen molar-refractivity contribution in [3.63, 3.8) is 0 Å². The molecule has 0 aromatic heterocycles. The third kappa shape index (κ3) is 3.12. The molecule has 17 heavy (non-hydrogen) atoms. The van der Waals surface area contributed by atoms with E-state index in [0.717, 1.165) is 31.9 Å². The summed E-state index contributed by atoms with van der Waals surface area (Å²) in [4.78, 5) is 2.30. The Hall–Kier alpha value is -0.320. The molecule has 1 atom stereocenters. The average Bonchev–Trinajstić information content (AvgIpc) is 2.34. The van der Waals surface area contributed by atoms with Gasteiger partial charge in [0.2, 0.25) is 0 Å². The van der Waals surface area contributed by atoms with Crippen molar-refractivity contribution in [3.05, 3.63) is 33.8 Å². The minimum atomic E-state index is 0.142. The summed E-state index contributed by atoms with van der Waals surface area (Å²) in [6.07, 6.45) is 0. The topological polar surface area (TPSA) is 38.5 Å². The molecule has 0 spiro atoms. The van der Waals surface area contributed by atoms with Crippen molar-refractivity contribution >= 4 is 23.2 Å². The van der Waals surface area contributed by atoms with Crippen molar-refractivity contribution in [2.24, 2.45) is 5.73 Å². The van der Waals surface area contributed by atoms with Crippen LogP contribution in [0.5, 0.6) is 0 Å². The molecule has 3 nitrogen and oxygen atoms in total. The Balaban J connectivity index is 2.21. The third-order valence-corrected chi connectivity index (χ3v) is 3.59. The summed E-state index contributed by atoms with van der Waals surface area (Å²) in [5.74, 6) is 0. The summed E-state index contributed by atoms with van der Waals surface area (Å²) in [6.45, 7) is 3.83. The Morgan fingerprint density at radius 2 is 2.00 bits per heavy atom. The van der Waals surface area contributed by atoms with Crippen molar-refractivity contribution in [1.82, 2.24) is 4.90 Å². The van der Waals surface area contributed by atoms with E-state index >= 15 is 0 Å². The minimum absolute atomic E-state index is 0.142. The van der Waals surface area contributed by atoms with Crippen LogP contribution in [-0.2, 0) is 4.74 Å². The SMILES string of the molecule is NC[C@H](c1ccc(Cl)cc1Cl)N1CCOCC1. The molecule has 2 rings (SSSR count). The highest BCUT2D eigenvalue weighted by Crippen LogP contribution is 2.29. The molecule has 0 amide bonds. The second-order valence-corrected chi connectivity index (χ2v) is 4.91. The second-order valence-electron chi connectivity index (χ2n) is 4.07. The van der Waals surface area contributed by atoms with Gasteiger partial charge in [-0.1, -0.05) is 29.3 Å². The van der Waals surface area contributed by atoms with E-state index in [-0.39, 0.29) is 6.04 Å². The molecule has 1 aromatic rings. The van der Waals surface area contributed by atoms with Crippen LogP contribution in [0.15, 0.2) is 18.2 Å². The molecule has 0 aliphatic carbocycles. The monoisotopic (exact) mass is 274 g/mol. The average molecular weight is 275 g/mol. The fourth-order valence-corrected chi connectivity index (χ4v) is 2.67. The molecule has 0 radical (unpaired) electrons. The summed E-state index contributed by atoms with van der Waals surface area (Å²) < 4.78 is 5.34. The van der Waals surface area contributed by atoms with Gasteiger partial charge < -0.3 is 10.5 Å². The van der Waals surface area contributed by atoms with Gasteiger partial charge in [0.25, 0.3) is 0 Å². The number of hydrogen-bond donors (Lipinski definition) is 1. The van der Waals surface area contributed by atoms with E-state index in [4.69, 9.17) is 33.7 Å². The number of hydrogen-bond acceptors (Lipinski definition) is 3. The van der Waals surface area contributed by atoms with E-state index in [1.807, 2.05) is 12.1 Å². The first-order chi connectivity index (χ1) is 8.22. The van der Waals surface area contributed by atoms with E-state index < -0.39 is 0 Å². The molecule has 2 N–H and O–H groups in total. The molecule has 1 aliphatic rings. The number of nitrogens with two attached hydrogens (primary N) is 1. The predicted molar refractivity (Wildman–Crippen MR) is 70.6 cm³/mol. The lowest BCUT2D eigenvalue weighted by Crippen LogP contribution is -2.41. The number of benzene rings is 1. The fourth-order valence-electron chi connectivity index (χ4n) is 2.13. The minimum Gasteiger partial charge on any atom is -0.379 e. The molecule has 1 heterocycles. The fraction of sp³-hybridized carbons (Fsp3) is 0.500. The molecule has 1 fully saturated rings. The standard InChI is InChI=1S/C12H16Cl2N2O/c13-9-1-2-10(11(14)7-9)12(8-15)16-3-5-17-6-4-16/h1-2,7,12H,3-6,8,15H2/t12-/m1/s1. The van der Waals surface area contributed by atoms with Crippen LogP contribution in [0.4, 0.5) is 0 Å². The summed E-state index contributed by atoms with van der Waals surface area (Å²) >= 11 is 12.1. The van der Waals surface area contributed by atoms with Crippen molar-refractivity contribution in [1.29, 1.82) is 0 Å². The van der Waals surface area contributed by atoms with Gasteiger partial charge in [-0.2, -0.15) is 0 Å². The molecular weight excluding hydrogens is 259 g/mol. The normalized spacial score (nSPS) is 19.2. The number of ether oxygens (including phenoxy) is 1. The van der Waals surface area contributed by atoms with Crippen molar-refractivity contribution in [2.45, 2.75) is 6.04 Å². The zero-order valence-electron chi connectivity index (χ0n) is 9.53. The van der Waals surface area contributed by atoms with Gasteiger partial charge in [-0.05, 0) is 17.7 Å². The molecule has 0 unspecified atom stereocenters. The van der Waals surface area contributed by atoms with Crippen molar-refractivity contribution in [3.8, 4) is 0 Å². The number of rotatable bonds is 3. The van der Waals surface area contributed by atoms with E-state index in [1.165, 1.54) is 0 Å². The van der Waals surface area contributed by atoms with Gasteiger partial charge in [-0.25, -0.2) is 0 Å². The van der Waals surface area contributed by atoms with Gasteiger partial charge in [0.1, 0.15) is 0 Å². The van der Waals surface area contributed by atoms with Crippen molar-refractivity contribution < 1.29 is 4.74 Å². The molecule has 0 bridgehead atoms. The molecule has 5 heteroatoms. The Kier molecular flexibility index (Phi) is 4.65. The van der Waals surface area contributed by atoms with Crippen LogP contribution in [0.1, 0.15) is 11.6 Å². The lowest BCUT2D eigenvalue weighted by atomic mass is 10.0. The first-order valence-electron chi connectivity index (χ1n) is 5.69. The van der Waals surface area contributed by atoms with Crippen LogP contribution in [-0.4, -0.2) is 37.7 Å². The zero-order valence-corrected chi connectivity index (χ0v) is 11.0. The zero-order chi connectivity index (χ0) is 12.3. The lowest BCUT2D eigenvalue weighted by molar-refractivity contribution is 0.0179. The maximum Gasteiger partial charge on any atom is 0.0594 e. The molecule has 1 aromatic carbocycles. The van der Waals surface area contributed by atoms with Crippen LogP contribution in [0, 0.1) is 0 Å². The van der Waals surface area contributed by atoms with Crippen molar-refractivity contribution in [2.75, 3.05) is 32.8 Å². The van der Waals surface area contributed by atoms with Gasteiger partial charge in [0, 0.05) is 35.7 Å². The maximum atomic E-state index is 6.22. The number of halogens is 2. The highest BCUT2D eigenvalue weighted by molar-refractivity contribution is 6.35. The number of nitrogens with zero attached hydrogens (tertiary/aromatic N) is 1. The van der Waals surface area contributed by atoms with Crippen LogP contribution in [0.25, 0.3) is 0 Å². The second kappa shape index (κ2) is 6.03. The molecule has 94 valence electrons. The predicted octanol–water partition coefficient (Wildman–Crippen LogP) is 2.33. The summed E-state index contributed by atoms with van der Waals surface area (Å²) in [6, 6.07) is 5.72. The molecule has 0 saturated carbocycles. The van der Waals surface area contributed by atoms with Gasteiger partial charge >= 0.3 is 0 Å². The third-order valence-electron chi connectivity index (χ3n) is 3.03. The van der Waals surface area contributed by atoms with Crippen LogP contribution >= 0.6 is 23.2 Å². The highest BCUT2D eigenvalue weighted by atomic mass is 35.5. The lowest BCUT2D eigenvalue weighted by Gasteiger charge is -2.34. The summed E-state index contributed by atoms with van der Waals surface area (Å²) in [7, 11) is 0. The van der Waals surface area contributed by atoms with Gasteiger partial charge in [0.15, 0.2) is 0 Å². The van der Waals surface area contributed by atoms with Crippen LogP contribution in [0.3, 0.4) is 0 Å². The largest absolute Gasteiger partial charge is 0.379 e. The quantitative estimate of drug-likeness (QED) is 0.920. The molecular formula is C12H16Cl2N2O. The Labute approximate surface area is 111 Å². The highest BCUT2D eigenvalue weighted by Gasteiger charge is 2.23. The summed E-state index contributed by atoms with van der Waals surface area (Å²) in [5, 5.41) is 1.33. The van der Waals surface area contributed by atoms with Crippen LogP contribution in [0.2, 0.25) is 10.0 Å². The maximum absolute atomic E-state index is 6.22. The van der Waals surface area contributed by atoms with Gasteiger partial charge in [-0.3, -0.25) is 4.90 Å².